The molecule has 0 spiro atoms. The monoisotopic (exact) mass is 358 g/mol. The summed E-state index contributed by atoms with van der Waals surface area (Å²) in [6.45, 7) is -0.154. The number of hydrogen-bond acceptors (Lipinski definition) is 4. The Morgan fingerprint density at radius 1 is 1.24 bits per heavy atom. The predicted octanol–water partition coefficient (Wildman–Crippen LogP) is 2.59. The number of rotatable bonds is 5. The van der Waals surface area contributed by atoms with Crippen LogP contribution < -0.4 is 15.4 Å². The second-order valence-electron chi connectivity index (χ2n) is 5.24. The standard InChI is InChI=1S/C17H15ClN4O3/c1-25-12-4-2-11(3-5-12)21-16(23)9-20-17(24)13-6-10-7-15(18)19-8-14(10)22-13/h2-8,22H,9H2,1H3,(H,20,24)(H,21,23). The molecule has 128 valence electrons. The molecule has 0 aliphatic rings. The van der Waals surface area contributed by atoms with E-state index in [4.69, 9.17) is 16.3 Å². The molecule has 7 nitrogen and oxygen atoms in total. The molecule has 0 radical (unpaired) electrons. The fourth-order valence-electron chi connectivity index (χ4n) is 2.26. The number of amides is 2. The van der Waals surface area contributed by atoms with Crippen LogP contribution in [0.25, 0.3) is 10.9 Å². The number of benzene rings is 1. The molecule has 2 aromatic heterocycles. The van der Waals surface area contributed by atoms with Crippen molar-refractivity contribution in [3.05, 3.63) is 53.4 Å². The van der Waals surface area contributed by atoms with E-state index in [2.05, 4.69) is 20.6 Å². The maximum Gasteiger partial charge on any atom is 0.268 e. The van der Waals surface area contributed by atoms with Crippen LogP contribution in [0.2, 0.25) is 5.15 Å². The van der Waals surface area contributed by atoms with Crippen molar-refractivity contribution < 1.29 is 14.3 Å². The summed E-state index contributed by atoms with van der Waals surface area (Å²) in [5.41, 5.74) is 1.64. The van der Waals surface area contributed by atoms with E-state index in [1.165, 1.54) is 0 Å². The summed E-state index contributed by atoms with van der Waals surface area (Å²) >= 11 is 5.82. The van der Waals surface area contributed by atoms with Crippen molar-refractivity contribution in [1.82, 2.24) is 15.3 Å². The topological polar surface area (TPSA) is 96.1 Å². The summed E-state index contributed by atoms with van der Waals surface area (Å²) in [6.07, 6.45) is 1.55. The van der Waals surface area contributed by atoms with E-state index in [0.29, 0.717) is 27.8 Å². The van der Waals surface area contributed by atoms with Crippen LogP contribution in [0.1, 0.15) is 10.5 Å². The summed E-state index contributed by atoms with van der Waals surface area (Å²) in [7, 11) is 1.57. The molecule has 3 rings (SSSR count). The lowest BCUT2D eigenvalue weighted by Gasteiger charge is -2.07. The van der Waals surface area contributed by atoms with Gasteiger partial charge in [0, 0.05) is 11.1 Å². The van der Waals surface area contributed by atoms with Crippen molar-refractivity contribution >= 4 is 40.0 Å². The van der Waals surface area contributed by atoms with Crippen molar-refractivity contribution in [1.29, 1.82) is 0 Å². The number of ether oxygens (including phenoxy) is 1. The minimum absolute atomic E-state index is 0.154. The largest absolute Gasteiger partial charge is 0.497 e. The quantitative estimate of drug-likeness (QED) is 0.611. The number of aromatic amines is 1. The van der Waals surface area contributed by atoms with Gasteiger partial charge in [0.05, 0.1) is 25.4 Å². The molecule has 0 bridgehead atoms. The minimum Gasteiger partial charge on any atom is -0.497 e. The third-order valence-electron chi connectivity index (χ3n) is 3.50. The first-order valence-corrected chi connectivity index (χ1v) is 7.79. The average Bonchev–Trinajstić information content (AvgIpc) is 3.03. The smallest absolute Gasteiger partial charge is 0.268 e. The van der Waals surface area contributed by atoms with Gasteiger partial charge in [-0.25, -0.2) is 4.98 Å². The van der Waals surface area contributed by atoms with Gasteiger partial charge >= 0.3 is 0 Å². The Hall–Kier alpha value is -3.06. The molecule has 0 aliphatic heterocycles. The molecule has 1 aromatic carbocycles. The van der Waals surface area contributed by atoms with Gasteiger partial charge in [0.25, 0.3) is 5.91 Å². The maximum atomic E-state index is 12.1. The van der Waals surface area contributed by atoms with Crippen LogP contribution in [-0.2, 0) is 4.79 Å². The second-order valence-corrected chi connectivity index (χ2v) is 5.62. The van der Waals surface area contributed by atoms with Gasteiger partial charge < -0.3 is 20.4 Å². The highest BCUT2D eigenvalue weighted by molar-refractivity contribution is 6.30. The molecule has 0 atom stereocenters. The number of nitrogens with one attached hydrogen (secondary N) is 3. The van der Waals surface area contributed by atoms with E-state index in [9.17, 15) is 9.59 Å². The Morgan fingerprint density at radius 3 is 2.72 bits per heavy atom. The van der Waals surface area contributed by atoms with Crippen molar-refractivity contribution in [2.24, 2.45) is 0 Å². The molecule has 0 aliphatic carbocycles. The number of nitrogens with zero attached hydrogens (tertiary/aromatic N) is 1. The number of fused-ring (bicyclic) bond motifs is 1. The first-order valence-electron chi connectivity index (χ1n) is 7.41. The molecule has 0 fully saturated rings. The highest BCUT2D eigenvalue weighted by atomic mass is 35.5. The Balaban J connectivity index is 1.57. The fourth-order valence-corrected chi connectivity index (χ4v) is 2.43. The van der Waals surface area contributed by atoms with Gasteiger partial charge in [0.15, 0.2) is 0 Å². The number of methoxy groups -OCH3 is 1. The van der Waals surface area contributed by atoms with Gasteiger partial charge in [0.1, 0.15) is 16.6 Å². The summed E-state index contributed by atoms with van der Waals surface area (Å²) in [5.74, 6) is -0.0313. The lowest BCUT2D eigenvalue weighted by atomic mass is 10.3. The number of halogens is 1. The number of aromatic nitrogens is 2. The molecule has 2 amide bonds. The van der Waals surface area contributed by atoms with Crippen molar-refractivity contribution in [3.8, 4) is 5.75 Å². The van der Waals surface area contributed by atoms with Crippen LogP contribution in [-0.4, -0.2) is 35.4 Å². The summed E-state index contributed by atoms with van der Waals surface area (Å²) in [5, 5.41) is 6.36. The van der Waals surface area contributed by atoms with E-state index in [1.807, 2.05) is 0 Å². The van der Waals surface area contributed by atoms with Gasteiger partial charge in [-0.05, 0) is 36.4 Å². The van der Waals surface area contributed by atoms with Crippen LogP contribution >= 0.6 is 11.6 Å². The molecular weight excluding hydrogens is 344 g/mol. The van der Waals surface area contributed by atoms with E-state index in [1.54, 1.807) is 49.7 Å². The number of H-pyrrole nitrogens is 1. The summed E-state index contributed by atoms with van der Waals surface area (Å²) < 4.78 is 5.05. The zero-order chi connectivity index (χ0) is 17.8. The molecule has 8 heteroatoms. The highest BCUT2D eigenvalue weighted by Crippen LogP contribution is 2.18. The summed E-state index contributed by atoms with van der Waals surface area (Å²) in [4.78, 5) is 30.9. The third kappa shape index (κ3) is 4.07. The second kappa shape index (κ2) is 7.23. The number of carbonyl (C=O) groups is 2. The first-order chi connectivity index (χ1) is 12.0. The zero-order valence-corrected chi connectivity index (χ0v) is 14.1. The van der Waals surface area contributed by atoms with E-state index < -0.39 is 5.91 Å². The van der Waals surface area contributed by atoms with Crippen molar-refractivity contribution in [2.45, 2.75) is 0 Å². The van der Waals surface area contributed by atoms with Gasteiger partial charge in [0.2, 0.25) is 5.91 Å². The van der Waals surface area contributed by atoms with Crippen LogP contribution in [0.15, 0.2) is 42.6 Å². The lowest BCUT2D eigenvalue weighted by Crippen LogP contribution is -2.33. The van der Waals surface area contributed by atoms with E-state index >= 15 is 0 Å². The maximum absolute atomic E-state index is 12.1. The van der Waals surface area contributed by atoms with Gasteiger partial charge in [-0.15, -0.1) is 0 Å². The number of anilines is 1. The Morgan fingerprint density at radius 2 is 2.00 bits per heavy atom. The third-order valence-corrected chi connectivity index (χ3v) is 3.71. The van der Waals surface area contributed by atoms with Crippen molar-refractivity contribution in [3.63, 3.8) is 0 Å². The van der Waals surface area contributed by atoms with Crippen LogP contribution in [0.3, 0.4) is 0 Å². The Bertz CT molecular complexity index is 921. The molecule has 3 N–H and O–H groups in total. The molecule has 0 unspecified atom stereocenters. The van der Waals surface area contributed by atoms with Crippen molar-refractivity contribution in [2.75, 3.05) is 19.0 Å². The van der Waals surface area contributed by atoms with Gasteiger partial charge in [-0.3, -0.25) is 9.59 Å². The van der Waals surface area contributed by atoms with Gasteiger partial charge in [-0.1, -0.05) is 11.6 Å². The average molecular weight is 359 g/mol. The highest BCUT2D eigenvalue weighted by Gasteiger charge is 2.11. The fraction of sp³-hybridized carbons (Fsp3) is 0.118. The predicted molar refractivity (Wildman–Crippen MR) is 95.1 cm³/mol. The molecule has 2 heterocycles. The van der Waals surface area contributed by atoms with Gasteiger partial charge in [-0.2, -0.15) is 0 Å². The summed E-state index contributed by atoms with van der Waals surface area (Å²) in [6, 6.07) is 10.2. The Labute approximate surface area is 148 Å². The van der Waals surface area contributed by atoms with E-state index in [-0.39, 0.29) is 12.5 Å². The zero-order valence-electron chi connectivity index (χ0n) is 13.3. The lowest BCUT2D eigenvalue weighted by molar-refractivity contribution is -0.115. The molecule has 25 heavy (non-hydrogen) atoms. The SMILES string of the molecule is COc1ccc(NC(=O)CNC(=O)c2cc3cc(Cl)ncc3[nH]2)cc1. The molecule has 0 saturated carbocycles. The molecular formula is C17H15ClN4O3. The number of carbonyl (C=O) groups excluding carboxylic acids is 2. The molecule has 0 saturated heterocycles. The number of pyridine rings is 1. The van der Waals surface area contributed by atoms with Crippen LogP contribution in [0.5, 0.6) is 5.75 Å². The van der Waals surface area contributed by atoms with E-state index in [0.717, 1.165) is 5.39 Å². The Kier molecular flexibility index (Phi) is 4.85. The minimum atomic E-state index is -0.391. The number of hydrogen-bond donors (Lipinski definition) is 3. The van der Waals surface area contributed by atoms with Crippen LogP contribution in [0.4, 0.5) is 5.69 Å². The molecule has 3 aromatic rings. The normalized spacial score (nSPS) is 10.5. The first kappa shape index (κ1) is 16.8. The van der Waals surface area contributed by atoms with Crippen LogP contribution in [0, 0.1) is 0 Å².